The van der Waals surface area contributed by atoms with E-state index in [1.807, 2.05) is 37.7 Å². The SMILES string of the molecule is Cc1n[nH]c(=S)n1-c1ccc(N(C)C)cc1. The zero-order valence-electron chi connectivity index (χ0n) is 9.56. The Morgan fingerprint density at radius 1 is 1.25 bits per heavy atom. The highest BCUT2D eigenvalue weighted by molar-refractivity contribution is 7.71. The number of aryl methyl sites for hydroxylation is 1. The Hall–Kier alpha value is -1.62. The minimum absolute atomic E-state index is 0.620. The average Bonchev–Trinajstić information content (AvgIpc) is 2.59. The van der Waals surface area contributed by atoms with Gasteiger partial charge in [0.2, 0.25) is 0 Å². The molecule has 1 N–H and O–H groups in total. The number of hydrogen-bond acceptors (Lipinski definition) is 3. The maximum atomic E-state index is 5.17. The fraction of sp³-hybridized carbons (Fsp3) is 0.273. The molecule has 0 saturated heterocycles. The maximum absolute atomic E-state index is 5.17. The highest BCUT2D eigenvalue weighted by Crippen LogP contribution is 2.16. The van der Waals surface area contributed by atoms with Crippen molar-refractivity contribution in [2.75, 3.05) is 19.0 Å². The minimum Gasteiger partial charge on any atom is -0.378 e. The van der Waals surface area contributed by atoms with Gasteiger partial charge in [0.15, 0.2) is 4.77 Å². The largest absolute Gasteiger partial charge is 0.378 e. The van der Waals surface area contributed by atoms with Gasteiger partial charge in [0.1, 0.15) is 5.82 Å². The van der Waals surface area contributed by atoms with E-state index in [1.54, 1.807) is 0 Å². The first kappa shape index (κ1) is 10.9. The van der Waals surface area contributed by atoms with Crippen LogP contribution in [0.15, 0.2) is 24.3 Å². The topological polar surface area (TPSA) is 36.9 Å². The smallest absolute Gasteiger partial charge is 0.199 e. The Kier molecular flexibility index (Phi) is 2.78. The van der Waals surface area contributed by atoms with Gasteiger partial charge >= 0.3 is 0 Å². The van der Waals surface area contributed by atoms with Gasteiger partial charge in [0.05, 0.1) is 0 Å². The number of benzene rings is 1. The standard InChI is InChI=1S/C11H14N4S/c1-8-12-13-11(16)15(8)10-6-4-9(5-7-10)14(2)3/h4-7H,1-3H3,(H,13,16). The van der Waals surface area contributed by atoms with E-state index in [1.165, 1.54) is 0 Å². The molecule has 0 fully saturated rings. The molecule has 0 atom stereocenters. The summed E-state index contributed by atoms with van der Waals surface area (Å²) in [7, 11) is 4.04. The van der Waals surface area contributed by atoms with Crippen LogP contribution in [0.2, 0.25) is 0 Å². The van der Waals surface area contributed by atoms with E-state index < -0.39 is 0 Å². The molecule has 16 heavy (non-hydrogen) atoms. The maximum Gasteiger partial charge on any atom is 0.199 e. The molecule has 1 heterocycles. The van der Waals surface area contributed by atoms with E-state index in [0.29, 0.717) is 4.77 Å². The average molecular weight is 234 g/mol. The van der Waals surface area contributed by atoms with Crippen LogP contribution in [0.3, 0.4) is 0 Å². The lowest BCUT2D eigenvalue weighted by Crippen LogP contribution is -2.08. The third-order valence-corrected chi connectivity index (χ3v) is 2.74. The second kappa shape index (κ2) is 4.09. The molecule has 0 bridgehead atoms. The lowest BCUT2D eigenvalue weighted by atomic mass is 10.2. The normalized spacial score (nSPS) is 10.4. The zero-order valence-corrected chi connectivity index (χ0v) is 10.4. The van der Waals surface area contributed by atoms with Crippen molar-refractivity contribution >= 4 is 17.9 Å². The van der Waals surface area contributed by atoms with Crippen LogP contribution >= 0.6 is 12.2 Å². The van der Waals surface area contributed by atoms with E-state index in [-0.39, 0.29) is 0 Å². The third-order valence-electron chi connectivity index (χ3n) is 2.46. The van der Waals surface area contributed by atoms with Gasteiger partial charge in [-0.05, 0) is 43.4 Å². The first-order chi connectivity index (χ1) is 7.59. The van der Waals surface area contributed by atoms with Gasteiger partial charge in [-0.2, -0.15) is 5.10 Å². The Labute approximate surface area is 99.5 Å². The van der Waals surface area contributed by atoms with Crippen molar-refractivity contribution in [1.82, 2.24) is 14.8 Å². The Bertz CT molecular complexity index is 536. The molecule has 0 aliphatic rings. The molecular weight excluding hydrogens is 220 g/mol. The third kappa shape index (κ3) is 1.86. The molecule has 2 rings (SSSR count). The molecule has 0 spiro atoms. The number of nitrogens with one attached hydrogen (secondary N) is 1. The zero-order chi connectivity index (χ0) is 11.7. The molecule has 0 unspecified atom stereocenters. The van der Waals surface area contributed by atoms with Crippen molar-refractivity contribution in [3.8, 4) is 5.69 Å². The van der Waals surface area contributed by atoms with Gasteiger partial charge < -0.3 is 4.90 Å². The summed E-state index contributed by atoms with van der Waals surface area (Å²) >= 11 is 5.17. The molecule has 1 aromatic heterocycles. The molecule has 4 nitrogen and oxygen atoms in total. The van der Waals surface area contributed by atoms with E-state index in [0.717, 1.165) is 17.2 Å². The molecular formula is C11H14N4S. The summed E-state index contributed by atoms with van der Waals surface area (Å²) in [4.78, 5) is 2.06. The lowest BCUT2D eigenvalue weighted by Gasteiger charge is -2.13. The van der Waals surface area contributed by atoms with Gasteiger partial charge in [-0.15, -0.1) is 0 Å². The lowest BCUT2D eigenvalue weighted by molar-refractivity contribution is 0.962. The van der Waals surface area contributed by atoms with Gasteiger partial charge in [-0.1, -0.05) is 0 Å². The van der Waals surface area contributed by atoms with Crippen molar-refractivity contribution in [2.45, 2.75) is 6.92 Å². The fourth-order valence-corrected chi connectivity index (χ4v) is 1.86. The van der Waals surface area contributed by atoms with E-state index in [9.17, 15) is 0 Å². The first-order valence-electron chi connectivity index (χ1n) is 5.01. The molecule has 0 radical (unpaired) electrons. The monoisotopic (exact) mass is 234 g/mol. The molecule has 0 saturated carbocycles. The number of rotatable bonds is 2. The summed E-state index contributed by atoms with van der Waals surface area (Å²) in [6.45, 7) is 1.92. The molecule has 0 amide bonds. The number of hydrogen-bond donors (Lipinski definition) is 1. The Morgan fingerprint density at radius 3 is 2.31 bits per heavy atom. The quantitative estimate of drug-likeness (QED) is 0.810. The van der Waals surface area contributed by atoms with E-state index >= 15 is 0 Å². The molecule has 1 aromatic carbocycles. The summed E-state index contributed by atoms with van der Waals surface area (Å²) in [5, 5.41) is 6.86. The van der Waals surface area contributed by atoms with Crippen LogP contribution < -0.4 is 4.90 Å². The van der Waals surface area contributed by atoms with Crippen molar-refractivity contribution < 1.29 is 0 Å². The predicted octanol–water partition coefficient (Wildman–Crippen LogP) is 2.30. The number of aromatic amines is 1. The van der Waals surface area contributed by atoms with Crippen LogP contribution in [-0.2, 0) is 0 Å². The Morgan fingerprint density at radius 2 is 1.88 bits per heavy atom. The van der Waals surface area contributed by atoms with Crippen molar-refractivity contribution in [1.29, 1.82) is 0 Å². The first-order valence-corrected chi connectivity index (χ1v) is 5.42. The van der Waals surface area contributed by atoms with Gasteiger partial charge in [-0.3, -0.25) is 9.67 Å². The molecule has 5 heteroatoms. The van der Waals surface area contributed by atoms with Gasteiger partial charge in [-0.25, -0.2) is 0 Å². The highest BCUT2D eigenvalue weighted by Gasteiger charge is 2.03. The summed E-state index contributed by atoms with van der Waals surface area (Å²) < 4.78 is 2.53. The second-order valence-electron chi connectivity index (χ2n) is 3.82. The van der Waals surface area contributed by atoms with Crippen molar-refractivity contribution in [3.05, 3.63) is 34.9 Å². The van der Waals surface area contributed by atoms with Crippen molar-refractivity contribution in [2.24, 2.45) is 0 Å². The van der Waals surface area contributed by atoms with Crippen LogP contribution in [0.4, 0.5) is 5.69 Å². The van der Waals surface area contributed by atoms with Crippen LogP contribution in [0.25, 0.3) is 5.69 Å². The minimum atomic E-state index is 0.620. The van der Waals surface area contributed by atoms with E-state index in [2.05, 4.69) is 27.2 Å². The highest BCUT2D eigenvalue weighted by atomic mass is 32.1. The Balaban J connectivity index is 2.46. The van der Waals surface area contributed by atoms with Gasteiger partial charge in [0, 0.05) is 25.5 Å². The second-order valence-corrected chi connectivity index (χ2v) is 4.21. The van der Waals surface area contributed by atoms with Crippen LogP contribution in [0.5, 0.6) is 0 Å². The number of anilines is 1. The van der Waals surface area contributed by atoms with E-state index in [4.69, 9.17) is 12.2 Å². The number of aromatic nitrogens is 3. The van der Waals surface area contributed by atoms with Crippen LogP contribution in [0.1, 0.15) is 5.82 Å². The van der Waals surface area contributed by atoms with Crippen LogP contribution in [0, 0.1) is 11.7 Å². The summed E-state index contributed by atoms with van der Waals surface area (Å²) in [6, 6.07) is 8.19. The summed E-state index contributed by atoms with van der Waals surface area (Å²) in [6.07, 6.45) is 0. The molecule has 0 aliphatic heterocycles. The molecule has 0 aliphatic carbocycles. The van der Waals surface area contributed by atoms with Crippen LogP contribution in [-0.4, -0.2) is 28.9 Å². The summed E-state index contributed by atoms with van der Waals surface area (Å²) in [5.74, 6) is 0.864. The van der Waals surface area contributed by atoms with Crippen molar-refractivity contribution in [3.63, 3.8) is 0 Å². The molecule has 84 valence electrons. The number of H-pyrrole nitrogens is 1. The fourth-order valence-electron chi connectivity index (χ4n) is 1.58. The van der Waals surface area contributed by atoms with Gasteiger partial charge in [0.25, 0.3) is 0 Å². The molecule has 2 aromatic rings. The summed E-state index contributed by atoms with van der Waals surface area (Å²) in [5.41, 5.74) is 2.19. The number of nitrogens with zero attached hydrogens (tertiary/aromatic N) is 3. The predicted molar refractivity (Wildman–Crippen MR) is 67.8 cm³/mol.